The average Bonchev–Trinajstić information content (AvgIpc) is 3.44. The van der Waals surface area contributed by atoms with Crippen molar-refractivity contribution in [2.24, 2.45) is 7.05 Å². The van der Waals surface area contributed by atoms with Crippen LogP contribution < -0.4 is 0 Å². The molecule has 142 valence electrons. The Labute approximate surface area is 162 Å². The fraction of sp³-hybridized carbons (Fsp3) is 0.474. The first-order valence-electron chi connectivity index (χ1n) is 9.35. The summed E-state index contributed by atoms with van der Waals surface area (Å²) in [5.41, 5.74) is 0. The molecule has 0 aliphatic carbocycles. The van der Waals surface area contributed by atoms with Gasteiger partial charge in [-0.15, -0.1) is 21.5 Å². The van der Waals surface area contributed by atoms with Gasteiger partial charge in [-0.3, -0.25) is 4.79 Å². The molecule has 1 aliphatic rings. The predicted octanol–water partition coefficient (Wildman–Crippen LogP) is 2.46. The summed E-state index contributed by atoms with van der Waals surface area (Å²) in [6.07, 6.45) is 8.93. The van der Waals surface area contributed by atoms with Gasteiger partial charge in [0.2, 0.25) is 5.91 Å². The maximum atomic E-state index is 12.6. The van der Waals surface area contributed by atoms with E-state index in [1.807, 2.05) is 28.8 Å². The summed E-state index contributed by atoms with van der Waals surface area (Å²) in [5, 5.41) is 10.9. The number of hydrogen-bond acceptors (Lipinski definition) is 5. The van der Waals surface area contributed by atoms with Gasteiger partial charge in [0.25, 0.3) is 0 Å². The lowest BCUT2D eigenvalue weighted by atomic mass is 9.96. The molecule has 4 heterocycles. The van der Waals surface area contributed by atoms with Crippen molar-refractivity contribution in [3.63, 3.8) is 0 Å². The highest BCUT2D eigenvalue weighted by Crippen LogP contribution is 2.26. The van der Waals surface area contributed by atoms with Crippen molar-refractivity contribution < 1.29 is 4.79 Å². The number of amides is 1. The molecule has 1 amide bonds. The molecule has 0 aromatic carbocycles. The minimum Gasteiger partial charge on any atom is -0.342 e. The van der Waals surface area contributed by atoms with Crippen molar-refractivity contribution >= 4 is 17.2 Å². The number of aryl methyl sites for hydroxylation is 1. The van der Waals surface area contributed by atoms with Crippen molar-refractivity contribution in [3.05, 3.63) is 52.8 Å². The number of carbonyl (C=O) groups excluding carboxylic acids is 1. The normalized spacial score (nSPS) is 17.4. The second-order valence-corrected chi connectivity index (χ2v) is 8.06. The SMILES string of the molecule is Cn1c(Cn2ccnc2)nnc1[C@H]1CCCN(C(=O)CCc2cccs2)C1. The van der Waals surface area contributed by atoms with Gasteiger partial charge >= 0.3 is 0 Å². The number of aromatic nitrogens is 5. The van der Waals surface area contributed by atoms with Crippen LogP contribution in [-0.4, -0.2) is 48.2 Å². The van der Waals surface area contributed by atoms with E-state index in [0.717, 1.165) is 44.0 Å². The second-order valence-electron chi connectivity index (χ2n) is 7.03. The van der Waals surface area contributed by atoms with Gasteiger partial charge in [0.1, 0.15) is 5.82 Å². The van der Waals surface area contributed by atoms with Gasteiger partial charge in [0, 0.05) is 49.7 Å². The summed E-state index contributed by atoms with van der Waals surface area (Å²) >= 11 is 1.72. The van der Waals surface area contributed by atoms with E-state index >= 15 is 0 Å². The third-order valence-electron chi connectivity index (χ3n) is 5.19. The first-order chi connectivity index (χ1) is 13.2. The molecule has 0 spiro atoms. The van der Waals surface area contributed by atoms with Crippen LogP contribution in [0, 0.1) is 0 Å². The standard InChI is InChI=1S/C19H24N6OS/c1-23-17(13-24-10-8-20-14-24)21-22-19(23)15-4-2-9-25(12-15)18(26)7-6-16-5-3-11-27-16/h3,5,8,10-11,14-15H,2,4,6-7,9,12-13H2,1H3/t15-/m0/s1. The fourth-order valence-corrected chi connectivity index (χ4v) is 4.38. The number of carbonyl (C=O) groups is 1. The summed E-state index contributed by atoms with van der Waals surface area (Å²) in [7, 11) is 2.01. The first kappa shape index (κ1) is 17.9. The summed E-state index contributed by atoms with van der Waals surface area (Å²) in [5.74, 6) is 2.37. The topological polar surface area (TPSA) is 68.8 Å². The molecule has 1 aliphatic heterocycles. The fourth-order valence-electron chi connectivity index (χ4n) is 3.67. The Bertz CT molecular complexity index is 870. The van der Waals surface area contributed by atoms with Crippen LogP contribution in [0.1, 0.15) is 41.7 Å². The van der Waals surface area contributed by atoms with E-state index in [2.05, 4.69) is 31.2 Å². The highest BCUT2D eigenvalue weighted by atomic mass is 32.1. The summed E-state index contributed by atoms with van der Waals surface area (Å²) in [4.78, 5) is 20.0. The molecule has 3 aromatic heterocycles. The monoisotopic (exact) mass is 384 g/mol. The van der Waals surface area contributed by atoms with Crippen molar-refractivity contribution in [2.45, 2.75) is 38.1 Å². The maximum absolute atomic E-state index is 12.6. The molecule has 7 nitrogen and oxygen atoms in total. The lowest BCUT2D eigenvalue weighted by molar-refractivity contribution is -0.132. The highest BCUT2D eigenvalue weighted by molar-refractivity contribution is 7.09. The smallest absolute Gasteiger partial charge is 0.222 e. The van der Waals surface area contributed by atoms with Crippen LogP contribution in [0.5, 0.6) is 0 Å². The largest absolute Gasteiger partial charge is 0.342 e. The lowest BCUT2D eigenvalue weighted by Gasteiger charge is -2.32. The van der Waals surface area contributed by atoms with E-state index in [9.17, 15) is 4.79 Å². The Hall–Kier alpha value is -2.48. The molecule has 1 saturated heterocycles. The van der Waals surface area contributed by atoms with E-state index in [0.29, 0.717) is 13.0 Å². The van der Waals surface area contributed by atoms with Crippen LogP contribution in [0.15, 0.2) is 36.2 Å². The third-order valence-corrected chi connectivity index (χ3v) is 6.12. The van der Waals surface area contributed by atoms with Crippen molar-refractivity contribution in [2.75, 3.05) is 13.1 Å². The van der Waals surface area contributed by atoms with E-state index in [1.54, 1.807) is 23.9 Å². The molecule has 0 bridgehead atoms. The number of thiophene rings is 1. The zero-order valence-electron chi connectivity index (χ0n) is 15.5. The molecular formula is C19H24N6OS. The Morgan fingerprint density at radius 3 is 3.07 bits per heavy atom. The average molecular weight is 385 g/mol. The number of nitrogens with zero attached hydrogens (tertiary/aromatic N) is 6. The predicted molar refractivity (Wildman–Crippen MR) is 104 cm³/mol. The van der Waals surface area contributed by atoms with Crippen LogP contribution in [-0.2, 0) is 24.8 Å². The summed E-state index contributed by atoms with van der Waals surface area (Å²) in [6.45, 7) is 2.24. The van der Waals surface area contributed by atoms with E-state index in [-0.39, 0.29) is 11.8 Å². The zero-order valence-corrected chi connectivity index (χ0v) is 16.3. The van der Waals surface area contributed by atoms with Gasteiger partial charge in [-0.2, -0.15) is 0 Å². The Morgan fingerprint density at radius 1 is 1.37 bits per heavy atom. The van der Waals surface area contributed by atoms with Crippen LogP contribution in [0.2, 0.25) is 0 Å². The van der Waals surface area contributed by atoms with Crippen LogP contribution in [0.3, 0.4) is 0 Å². The van der Waals surface area contributed by atoms with Crippen LogP contribution in [0.4, 0.5) is 0 Å². The maximum Gasteiger partial charge on any atom is 0.222 e. The molecule has 27 heavy (non-hydrogen) atoms. The van der Waals surface area contributed by atoms with E-state index in [1.165, 1.54) is 4.88 Å². The minimum atomic E-state index is 0.244. The minimum absolute atomic E-state index is 0.244. The molecular weight excluding hydrogens is 360 g/mol. The second kappa shape index (κ2) is 8.04. The van der Waals surface area contributed by atoms with E-state index < -0.39 is 0 Å². The quantitative estimate of drug-likeness (QED) is 0.655. The summed E-state index contributed by atoms with van der Waals surface area (Å²) in [6, 6.07) is 4.13. The van der Waals surface area contributed by atoms with Gasteiger partial charge in [0.05, 0.1) is 12.9 Å². The summed E-state index contributed by atoms with van der Waals surface area (Å²) < 4.78 is 4.05. The van der Waals surface area contributed by atoms with Gasteiger partial charge in [0.15, 0.2) is 5.82 Å². The van der Waals surface area contributed by atoms with Gasteiger partial charge < -0.3 is 14.0 Å². The molecule has 8 heteroatoms. The molecule has 0 saturated carbocycles. The molecule has 0 unspecified atom stereocenters. The molecule has 4 rings (SSSR count). The number of imidazole rings is 1. The van der Waals surface area contributed by atoms with Crippen molar-refractivity contribution in [3.8, 4) is 0 Å². The van der Waals surface area contributed by atoms with Crippen molar-refractivity contribution in [1.82, 2.24) is 29.2 Å². The molecule has 0 N–H and O–H groups in total. The zero-order chi connectivity index (χ0) is 18.6. The Kier molecular flexibility index (Phi) is 5.33. The van der Waals surface area contributed by atoms with Crippen LogP contribution in [0.25, 0.3) is 0 Å². The highest BCUT2D eigenvalue weighted by Gasteiger charge is 2.28. The first-order valence-corrected chi connectivity index (χ1v) is 10.2. The third kappa shape index (κ3) is 4.10. The van der Waals surface area contributed by atoms with Crippen molar-refractivity contribution in [1.29, 1.82) is 0 Å². The van der Waals surface area contributed by atoms with Gasteiger partial charge in [-0.25, -0.2) is 4.98 Å². The lowest BCUT2D eigenvalue weighted by Crippen LogP contribution is -2.39. The molecule has 1 atom stereocenters. The molecule has 0 radical (unpaired) electrons. The number of rotatable bonds is 6. The Morgan fingerprint density at radius 2 is 2.30 bits per heavy atom. The van der Waals surface area contributed by atoms with Gasteiger partial charge in [-0.05, 0) is 30.7 Å². The van der Waals surface area contributed by atoms with Gasteiger partial charge in [-0.1, -0.05) is 6.07 Å². The van der Waals surface area contributed by atoms with Crippen LogP contribution >= 0.6 is 11.3 Å². The number of hydrogen-bond donors (Lipinski definition) is 0. The number of piperidine rings is 1. The Balaban J connectivity index is 1.39. The van der Waals surface area contributed by atoms with E-state index in [4.69, 9.17) is 0 Å². The molecule has 1 fully saturated rings. The molecule has 3 aromatic rings. The number of likely N-dealkylation sites (tertiary alicyclic amines) is 1.